The van der Waals surface area contributed by atoms with Crippen LogP contribution in [0.1, 0.15) is 44.0 Å². The topological polar surface area (TPSA) is 85.8 Å². The first-order chi connectivity index (χ1) is 14.5. The maximum Gasteiger partial charge on any atom is 0.410 e. The largest absolute Gasteiger partial charge is 0.497 e. The molecule has 0 N–H and O–H groups in total. The lowest BCUT2D eigenvalue weighted by atomic mass is 9.94. The Morgan fingerprint density at radius 3 is 2.45 bits per heavy atom. The molecule has 168 valence electrons. The fourth-order valence-corrected chi connectivity index (χ4v) is 4.24. The van der Waals surface area contributed by atoms with Gasteiger partial charge in [0.05, 0.1) is 13.7 Å². The molecule has 0 radical (unpaired) electrons. The summed E-state index contributed by atoms with van der Waals surface area (Å²) in [5, 5.41) is -0.174. The Bertz CT molecular complexity index is 1050. The molecule has 0 spiro atoms. The van der Waals surface area contributed by atoms with Gasteiger partial charge >= 0.3 is 6.09 Å². The van der Waals surface area contributed by atoms with E-state index in [1.54, 1.807) is 18.1 Å². The Kier molecular flexibility index (Phi) is 6.81. The minimum atomic E-state index is -3.93. The molecule has 0 aliphatic carbocycles. The third-order valence-electron chi connectivity index (χ3n) is 5.06. The van der Waals surface area contributed by atoms with Gasteiger partial charge in [0, 0.05) is 28.8 Å². The SMILES string of the molecule is COc1ccc(CCC2Cc3nc(S(=O)(=O)Cl)ccc3CN2C(=O)OC(C)(C)C)cc1. The van der Waals surface area contributed by atoms with Crippen molar-refractivity contribution in [2.45, 2.75) is 63.2 Å². The van der Waals surface area contributed by atoms with Crippen molar-refractivity contribution in [3.63, 3.8) is 0 Å². The average molecular weight is 467 g/mol. The fraction of sp³-hybridized carbons (Fsp3) is 0.455. The van der Waals surface area contributed by atoms with Crippen LogP contribution in [-0.2, 0) is 33.2 Å². The van der Waals surface area contributed by atoms with Crippen molar-refractivity contribution >= 4 is 25.8 Å². The van der Waals surface area contributed by atoms with E-state index in [4.69, 9.17) is 20.2 Å². The summed E-state index contributed by atoms with van der Waals surface area (Å²) in [4.78, 5) is 18.9. The van der Waals surface area contributed by atoms with Gasteiger partial charge in [-0.15, -0.1) is 0 Å². The van der Waals surface area contributed by atoms with Crippen molar-refractivity contribution in [1.29, 1.82) is 0 Å². The highest BCUT2D eigenvalue weighted by atomic mass is 35.7. The molecule has 1 aromatic carbocycles. The number of hydrogen-bond acceptors (Lipinski definition) is 6. The quantitative estimate of drug-likeness (QED) is 0.610. The molecule has 2 heterocycles. The normalized spacial score (nSPS) is 16.5. The zero-order valence-electron chi connectivity index (χ0n) is 18.1. The number of ether oxygens (including phenoxy) is 2. The van der Waals surface area contributed by atoms with Crippen LogP contribution in [0, 0.1) is 0 Å². The van der Waals surface area contributed by atoms with Crippen LogP contribution < -0.4 is 4.74 Å². The van der Waals surface area contributed by atoms with Crippen LogP contribution in [0.2, 0.25) is 0 Å². The third kappa shape index (κ3) is 6.11. The van der Waals surface area contributed by atoms with Crippen molar-refractivity contribution in [3.8, 4) is 5.75 Å². The number of carbonyl (C=O) groups excluding carboxylic acids is 1. The van der Waals surface area contributed by atoms with Crippen LogP contribution in [0.25, 0.3) is 0 Å². The summed E-state index contributed by atoms with van der Waals surface area (Å²) in [5.41, 5.74) is 1.92. The van der Waals surface area contributed by atoms with Crippen molar-refractivity contribution in [2.75, 3.05) is 7.11 Å². The zero-order chi connectivity index (χ0) is 22.8. The summed E-state index contributed by atoms with van der Waals surface area (Å²) in [5.74, 6) is 0.782. The van der Waals surface area contributed by atoms with Gasteiger partial charge in [0.2, 0.25) is 0 Å². The highest BCUT2D eigenvalue weighted by molar-refractivity contribution is 8.13. The third-order valence-corrected chi connectivity index (χ3v) is 6.26. The molecule has 9 heteroatoms. The number of hydrogen-bond donors (Lipinski definition) is 0. The average Bonchev–Trinajstić information content (AvgIpc) is 2.69. The number of amides is 1. The number of aromatic nitrogens is 1. The zero-order valence-corrected chi connectivity index (χ0v) is 19.7. The molecule has 1 atom stereocenters. The first-order valence-electron chi connectivity index (χ1n) is 10.0. The smallest absolute Gasteiger partial charge is 0.410 e. The number of rotatable bonds is 5. The second kappa shape index (κ2) is 9.04. The molecule has 1 aliphatic rings. The van der Waals surface area contributed by atoms with E-state index in [2.05, 4.69) is 4.98 Å². The standard InChI is InChI=1S/C22H27ClN2O5S/c1-22(2,3)30-21(26)25-14-16-8-12-20(31(23,27)28)24-19(16)13-17(25)9-5-15-6-10-18(29-4)11-7-15/h6-8,10-12,17H,5,9,13-14H2,1-4H3. The number of methoxy groups -OCH3 is 1. The number of benzene rings is 1. The Morgan fingerprint density at radius 2 is 1.87 bits per heavy atom. The summed E-state index contributed by atoms with van der Waals surface area (Å²) in [7, 11) is 3.17. The van der Waals surface area contributed by atoms with E-state index < -0.39 is 20.7 Å². The molecule has 3 rings (SSSR count). The summed E-state index contributed by atoms with van der Waals surface area (Å²) in [6.07, 6.45) is 1.43. The molecule has 1 aliphatic heterocycles. The molecule has 0 saturated heterocycles. The molecule has 1 unspecified atom stereocenters. The predicted octanol–water partition coefficient (Wildman–Crippen LogP) is 4.31. The number of carbonyl (C=O) groups is 1. The van der Waals surface area contributed by atoms with E-state index in [1.165, 1.54) is 6.07 Å². The van der Waals surface area contributed by atoms with Crippen LogP contribution in [0.4, 0.5) is 4.79 Å². The molecule has 7 nitrogen and oxygen atoms in total. The van der Waals surface area contributed by atoms with E-state index in [9.17, 15) is 13.2 Å². The van der Waals surface area contributed by atoms with Gasteiger partial charge in [-0.1, -0.05) is 18.2 Å². The molecule has 0 saturated carbocycles. The maximum absolute atomic E-state index is 12.9. The van der Waals surface area contributed by atoms with Gasteiger partial charge in [-0.05, 0) is 62.9 Å². The maximum atomic E-state index is 12.9. The van der Waals surface area contributed by atoms with E-state index in [-0.39, 0.29) is 11.1 Å². The molecular weight excluding hydrogens is 440 g/mol. The van der Waals surface area contributed by atoms with Gasteiger partial charge in [-0.2, -0.15) is 0 Å². The van der Waals surface area contributed by atoms with Gasteiger partial charge < -0.3 is 14.4 Å². The fourth-order valence-electron chi connectivity index (χ4n) is 3.53. The first kappa shape index (κ1) is 23.3. The Labute approximate surface area is 187 Å². The molecule has 1 amide bonds. The molecule has 1 aromatic heterocycles. The highest BCUT2D eigenvalue weighted by Gasteiger charge is 2.34. The molecule has 0 fully saturated rings. The molecular formula is C22H27ClN2O5S. The lowest BCUT2D eigenvalue weighted by molar-refractivity contribution is 0.0107. The van der Waals surface area contributed by atoms with Crippen molar-refractivity contribution in [2.24, 2.45) is 0 Å². The Hall–Kier alpha value is -2.32. The monoisotopic (exact) mass is 466 g/mol. The molecule has 0 bridgehead atoms. The van der Waals surface area contributed by atoms with Crippen LogP contribution in [-0.4, -0.2) is 43.1 Å². The van der Waals surface area contributed by atoms with Crippen molar-refractivity contribution in [1.82, 2.24) is 9.88 Å². The van der Waals surface area contributed by atoms with Crippen LogP contribution in [0.3, 0.4) is 0 Å². The number of aryl methyl sites for hydroxylation is 1. The Morgan fingerprint density at radius 1 is 1.19 bits per heavy atom. The summed E-state index contributed by atoms with van der Waals surface area (Å²) in [6, 6.07) is 10.6. The van der Waals surface area contributed by atoms with E-state index in [1.807, 2.05) is 45.0 Å². The second-order valence-corrected chi connectivity index (χ2v) is 11.1. The van der Waals surface area contributed by atoms with Gasteiger partial charge in [-0.25, -0.2) is 18.2 Å². The summed E-state index contributed by atoms with van der Waals surface area (Å²) >= 11 is 0. The second-order valence-electron chi connectivity index (χ2n) is 8.55. The van der Waals surface area contributed by atoms with Crippen molar-refractivity contribution in [3.05, 3.63) is 53.2 Å². The van der Waals surface area contributed by atoms with E-state index >= 15 is 0 Å². The molecule has 31 heavy (non-hydrogen) atoms. The van der Waals surface area contributed by atoms with Crippen LogP contribution in [0.5, 0.6) is 5.75 Å². The van der Waals surface area contributed by atoms with Gasteiger partial charge in [0.25, 0.3) is 9.05 Å². The van der Waals surface area contributed by atoms with Gasteiger partial charge in [0.15, 0.2) is 5.03 Å². The highest BCUT2D eigenvalue weighted by Crippen LogP contribution is 2.28. The van der Waals surface area contributed by atoms with E-state index in [0.717, 1.165) is 23.3 Å². The van der Waals surface area contributed by atoms with Crippen molar-refractivity contribution < 1.29 is 22.7 Å². The minimum absolute atomic E-state index is 0.174. The van der Waals surface area contributed by atoms with E-state index in [0.29, 0.717) is 25.1 Å². The Balaban J connectivity index is 1.85. The van der Waals surface area contributed by atoms with Gasteiger partial charge in [0.1, 0.15) is 11.4 Å². The lowest BCUT2D eigenvalue weighted by Crippen LogP contribution is -2.47. The first-order valence-corrected chi connectivity index (χ1v) is 12.3. The number of fused-ring (bicyclic) bond motifs is 1. The van der Waals surface area contributed by atoms with Crippen LogP contribution >= 0.6 is 10.7 Å². The van der Waals surface area contributed by atoms with Crippen LogP contribution in [0.15, 0.2) is 41.4 Å². The number of halogens is 1. The summed E-state index contributed by atoms with van der Waals surface area (Å²) < 4.78 is 34.2. The number of pyridine rings is 1. The lowest BCUT2D eigenvalue weighted by Gasteiger charge is -2.37. The van der Waals surface area contributed by atoms with Gasteiger partial charge in [-0.3, -0.25) is 0 Å². The predicted molar refractivity (Wildman–Crippen MR) is 118 cm³/mol. The summed E-state index contributed by atoms with van der Waals surface area (Å²) in [6.45, 7) is 5.78. The minimum Gasteiger partial charge on any atom is -0.497 e. The molecule has 2 aromatic rings. The number of nitrogens with zero attached hydrogens (tertiary/aromatic N) is 2.